The zero-order valence-electron chi connectivity index (χ0n) is 17.3. The topological polar surface area (TPSA) is 67.2 Å². The first-order valence-electron chi connectivity index (χ1n) is 9.70. The Hall–Kier alpha value is -2.80. The van der Waals surface area contributed by atoms with Crippen molar-refractivity contribution in [3.63, 3.8) is 0 Å². The van der Waals surface area contributed by atoms with Gasteiger partial charge in [-0.15, -0.1) is 0 Å². The summed E-state index contributed by atoms with van der Waals surface area (Å²) in [6.45, 7) is 7.76. The zero-order chi connectivity index (χ0) is 20.9. The van der Waals surface area contributed by atoms with Crippen molar-refractivity contribution in [1.82, 2.24) is 9.78 Å². The third-order valence-corrected chi connectivity index (χ3v) is 7.73. The Morgan fingerprint density at radius 3 is 2.45 bits per heavy atom. The van der Waals surface area contributed by atoms with E-state index in [1.165, 1.54) is 0 Å². The summed E-state index contributed by atoms with van der Waals surface area (Å²) in [5.41, 5.74) is 5.15. The van der Waals surface area contributed by atoms with E-state index in [-0.39, 0.29) is 12.1 Å². The van der Waals surface area contributed by atoms with Crippen molar-refractivity contribution in [2.75, 3.05) is 9.62 Å². The molecular formula is C22H26N4O2S. The first kappa shape index (κ1) is 19.5. The van der Waals surface area contributed by atoms with Crippen LogP contribution >= 0.6 is 0 Å². The predicted molar refractivity (Wildman–Crippen MR) is 117 cm³/mol. The van der Waals surface area contributed by atoms with Crippen LogP contribution in [0.5, 0.6) is 0 Å². The van der Waals surface area contributed by atoms with Crippen molar-refractivity contribution in [1.29, 1.82) is 0 Å². The minimum Gasteiger partial charge on any atom is -0.379 e. The van der Waals surface area contributed by atoms with Crippen molar-refractivity contribution in [2.45, 2.75) is 44.7 Å². The Labute approximate surface area is 172 Å². The van der Waals surface area contributed by atoms with E-state index < -0.39 is 10.0 Å². The lowest BCUT2D eigenvalue weighted by Gasteiger charge is -2.41. The van der Waals surface area contributed by atoms with Gasteiger partial charge in [-0.2, -0.15) is 5.10 Å². The third kappa shape index (κ3) is 3.19. The molecule has 2 unspecified atom stereocenters. The van der Waals surface area contributed by atoms with Gasteiger partial charge in [0.15, 0.2) is 0 Å². The number of sulfonamides is 1. The maximum Gasteiger partial charge on any atom is 0.264 e. The molecule has 29 heavy (non-hydrogen) atoms. The SMILES string of the molecule is Cc1cc(-c2cnn(C)c2)ccc1S(=O)(=O)N1c2c(C)cccc2NC(C)C1C. The molecule has 0 saturated heterocycles. The van der Waals surface area contributed by atoms with Crippen molar-refractivity contribution < 1.29 is 8.42 Å². The monoisotopic (exact) mass is 410 g/mol. The van der Waals surface area contributed by atoms with Gasteiger partial charge in [0.2, 0.25) is 0 Å². The van der Waals surface area contributed by atoms with Crippen molar-refractivity contribution >= 4 is 21.4 Å². The van der Waals surface area contributed by atoms with Gasteiger partial charge in [-0.1, -0.05) is 18.2 Å². The maximum atomic E-state index is 13.8. The summed E-state index contributed by atoms with van der Waals surface area (Å²) >= 11 is 0. The van der Waals surface area contributed by atoms with Crippen LogP contribution in [0.1, 0.15) is 25.0 Å². The smallest absolute Gasteiger partial charge is 0.264 e. The molecule has 0 amide bonds. The fourth-order valence-corrected chi connectivity index (χ4v) is 6.00. The number of para-hydroxylation sites is 1. The Morgan fingerprint density at radius 2 is 1.79 bits per heavy atom. The molecule has 0 fully saturated rings. The highest BCUT2D eigenvalue weighted by Crippen LogP contribution is 2.41. The number of fused-ring (bicyclic) bond motifs is 1. The van der Waals surface area contributed by atoms with Crippen LogP contribution < -0.4 is 9.62 Å². The molecular weight excluding hydrogens is 384 g/mol. The second-order valence-electron chi connectivity index (χ2n) is 7.83. The summed E-state index contributed by atoms with van der Waals surface area (Å²) in [4.78, 5) is 0.334. The fraction of sp³-hybridized carbons (Fsp3) is 0.318. The summed E-state index contributed by atoms with van der Waals surface area (Å²) in [6.07, 6.45) is 3.70. The molecule has 3 aromatic rings. The summed E-state index contributed by atoms with van der Waals surface area (Å²) in [6, 6.07) is 11.1. The van der Waals surface area contributed by atoms with Crippen LogP contribution in [-0.2, 0) is 17.1 Å². The van der Waals surface area contributed by atoms with Gasteiger partial charge < -0.3 is 5.32 Å². The number of nitrogens with one attached hydrogen (secondary N) is 1. The Balaban J connectivity index is 1.83. The maximum absolute atomic E-state index is 13.8. The Bertz CT molecular complexity index is 1180. The number of hydrogen-bond donors (Lipinski definition) is 1. The number of rotatable bonds is 3. The predicted octanol–water partition coefficient (Wildman–Crippen LogP) is 4.10. The van der Waals surface area contributed by atoms with Crippen LogP contribution in [0.25, 0.3) is 11.1 Å². The van der Waals surface area contributed by atoms with E-state index in [4.69, 9.17) is 0 Å². The van der Waals surface area contributed by atoms with Crippen LogP contribution in [0.2, 0.25) is 0 Å². The molecule has 0 radical (unpaired) electrons. The third-order valence-electron chi connectivity index (χ3n) is 5.68. The molecule has 6 nitrogen and oxygen atoms in total. The highest BCUT2D eigenvalue weighted by atomic mass is 32.2. The molecule has 0 spiro atoms. The molecule has 0 saturated carbocycles. The lowest BCUT2D eigenvalue weighted by atomic mass is 10.0. The number of anilines is 2. The highest BCUT2D eigenvalue weighted by Gasteiger charge is 2.38. The summed E-state index contributed by atoms with van der Waals surface area (Å²) in [5.74, 6) is 0. The Morgan fingerprint density at radius 1 is 1.03 bits per heavy atom. The molecule has 2 heterocycles. The van der Waals surface area contributed by atoms with E-state index >= 15 is 0 Å². The zero-order valence-corrected chi connectivity index (χ0v) is 18.2. The van der Waals surface area contributed by atoms with Gasteiger partial charge in [0.1, 0.15) is 0 Å². The molecule has 0 bridgehead atoms. The van der Waals surface area contributed by atoms with Crippen LogP contribution in [0.4, 0.5) is 11.4 Å². The molecule has 7 heteroatoms. The number of aryl methyl sites for hydroxylation is 3. The van der Waals surface area contributed by atoms with E-state index in [0.29, 0.717) is 4.90 Å². The quantitative estimate of drug-likeness (QED) is 0.706. The summed E-state index contributed by atoms with van der Waals surface area (Å²) in [7, 11) is -1.87. The first-order valence-corrected chi connectivity index (χ1v) is 11.1. The second-order valence-corrected chi connectivity index (χ2v) is 9.61. The fourth-order valence-electron chi connectivity index (χ4n) is 3.97. The van der Waals surface area contributed by atoms with Crippen molar-refractivity contribution in [3.05, 3.63) is 59.9 Å². The van der Waals surface area contributed by atoms with Gasteiger partial charge in [0.05, 0.1) is 28.5 Å². The molecule has 0 aliphatic carbocycles. The minimum atomic E-state index is -3.73. The van der Waals surface area contributed by atoms with Gasteiger partial charge in [-0.25, -0.2) is 8.42 Å². The molecule has 1 N–H and O–H groups in total. The average molecular weight is 411 g/mol. The van der Waals surface area contributed by atoms with E-state index in [1.807, 2.05) is 71.3 Å². The summed E-state index contributed by atoms with van der Waals surface area (Å²) < 4.78 is 30.9. The van der Waals surface area contributed by atoms with Crippen LogP contribution in [0, 0.1) is 13.8 Å². The standard InChI is InChI=1S/C22H26N4O2S/c1-14-7-6-8-20-22(14)26(17(4)16(3)24-20)29(27,28)21-10-9-18(11-15(21)2)19-12-23-25(5)13-19/h6-13,16-17,24H,1-5H3. The van der Waals surface area contributed by atoms with Gasteiger partial charge >= 0.3 is 0 Å². The summed E-state index contributed by atoms with van der Waals surface area (Å²) in [5, 5.41) is 7.64. The molecule has 2 aromatic carbocycles. The number of benzene rings is 2. The Kier molecular flexibility index (Phi) is 4.65. The van der Waals surface area contributed by atoms with Crippen molar-refractivity contribution in [2.24, 2.45) is 7.05 Å². The van der Waals surface area contributed by atoms with Gasteiger partial charge in [-0.05, 0) is 62.6 Å². The lowest BCUT2D eigenvalue weighted by Crippen LogP contribution is -2.51. The average Bonchev–Trinajstić information content (AvgIpc) is 3.09. The second kappa shape index (κ2) is 6.91. The lowest BCUT2D eigenvalue weighted by molar-refractivity contribution is 0.558. The van der Waals surface area contributed by atoms with Crippen LogP contribution in [-0.4, -0.2) is 30.3 Å². The molecule has 1 aliphatic heterocycles. The first-order chi connectivity index (χ1) is 13.7. The normalized spacial score (nSPS) is 19.0. The van der Waals surface area contributed by atoms with Gasteiger partial charge in [-0.3, -0.25) is 8.99 Å². The largest absolute Gasteiger partial charge is 0.379 e. The molecule has 4 rings (SSSR count). The molecule has 2 atom stereocenters. The van der Waals surface area contributed by atoms with E-state index in [1.54, 1.807) is 21.3 Å². The van der Waals surface area contributed by atoms with E-state index in [2.05, 4.69) is 10.4 Å². The number of nitrogens with zero attached hydrogens (tertiary/aromatic N) is 3. The number of hydrogen-bond acceptors (Lipinski definition) is 4. The highest BCUT2D eigenvalue weighted by molar-refractivity contribution is 7.93. The molecule has 1 aliphatic rings. The number of aromatic nitrogens is 2. The van der Waals surface area contributed by atoms with E-state index in [0.717, 1.165) is 33.6 Å². The van der Waals surface area contributed by atoms with Crippen LogP contribution in [0.15, 0.2) is 53.7 Å². The minimum absolute atomic E-state index is 0.00551. The van der Waals surface area contributed by atoms with Crippen molar-refractivity contribution in [3.8, 4) is 11.1 Å². The van der Waals surface area contributed by atoms with Gasteiger partial charge in [0, 0.05) is 24.8 Å². The van der Waals surface area contributed by atoms with Gasteiger partial charge in [0.25, 0.3) is 10.0 Å². The molecule has 152 valence electrons. The molecule has 1 aromatic heterocycles. The van der Waals surface area contributed by atoms with Crippen LogP contribution in [0.3, 0.4) is 0 Å². The van der Waals surface area contributed by atoms with E-state index in [9.17, 15) is 8.42 Å².